The predicted molar refractivity (Wildman–Crippen MR) is 88.3 cm³/mol. The number of rotatable bonds is 5. The number of benzene rings is 1. The minimum absolute atomic E-state index is 0.0367. The van der Waals surface area contributed by atoms with Crippen molar-refractivity contribution in [1.29, 1.82) is 0 Å². The average molecular weight is 349 g/mol. The number of amides is 1. The van der Waals surface area contributed by atoms with Gasteiger partial charge in [0.1, 0.15) is 5.76 Å². The molecule has 2 heterocycles. The Kier molecular flexibility index (Phi) is 4.42. The number of hydrogen-bond acceptors (Lipinski definition) is 5. The van der Waals surface area contributed by atoms with E-state index in [9.17, 15) is 13.2 Å². The minimum atomic E-state index is -3.59. The van der Waals surface area contributed by atoms with Gasteiger partial charge in [-0.15, -0.1) is 0 Å². The fraction of sp³-hybridized carbons (Fsp3) is 0.375. The quantitative estimate of drug-likeness (QED) is 0.881. The molecule has 0 bridgehead atoms. The van der Waals surface area contributed by atoms with Crippen LogP contribution in [0.3, 0.4) is 0 Å². The maximum Gasteiger partial charge on any atom is 0.240 e. The summed E-state index contributed by atoms with van der Waals surface area (Å²) in [7, 11) is -3.59. The Labute approximate surface area is 140 Å². The summed E-state index contributed by atoms with van der Waals surface area (Å²) in [6.07, 6.45) is 1.12. The van der Waals surface area contributed by atoms with E-state index in [4.69, 9.17) is 4.52 Å². The van der Waals surface area contributed by atoms with E-state index in [1.54, 1.807) is 30.0 Å². The second kappa shape index (κ2) is 6.37. The van der Waals surface area contributed by atoms with Crippen LogP contribution >= 0.6 is 0 Å². The van der Waals surface area contributed by atoms with Gasteiger partial charge in [-0.3, -0.25) is 4.79 Å². The summed E-state index contributed by atoms with van der Waals surface area (Å²) in [4.78, 5) is 13.4. The fourth-order valence-electron chi connectivity index (χ4n) is 2.80. The van der Waals surface area contributed by atoms with Crippen molar-refractivity contribution in [2.45, 2.75) is 31.6 Å². The number of aromatic nitrogens is 1. The van der Waals surface area contributed by atoms with Gasteiger partial charge in [-0.2, -0.15) is 0 Å². The van der Waals surface area contributed by atoms with Gasteiger partial charge >= 0.3 is 0 Å². The van der Waals surface area contributed by atoms with Crippen LogP contribution in [0.1, 0.15) is 23.9 Å². The molecule has 7 nitrogen and oxygen atoms in total. The Morgan fingerprint density at radius 3 is 2.83 bits per heavy atom. The zero-order valence-corrected chi connectivity index (χ0v) is 14.4. The third kappa shape index (κ3) is 3.34. The second-order valence-corrected chi connectivity index (χ2v) is 7.55. The lowest BCUT2D eigenvalue weighted by Crippen LogP contribution is -2.26. The lowest BCUT2D eigenvalue weighted by atomic mass is 10.2. The zero-order chi connectivity index (χ0) is 17.3. The molecule has 0 saturated carbocycles. The summed E-state index contributed by atoms with van der Waals surface area (Å²) in [5, 5.41) is 3.83. The van der Waals surface area contributed by atoms with Crippen LogP contribution < -0.4 is 9.62 Å². The van der Waals surface area contributed by atoms with E-state index < -0.39 is 10.0 Å². The van der Waals surface area contributed by atoms with Gasteiger partial charge < -0.3 is 9.42 Å². The Morgan fingerprint density at radius 2 is 2.17 bits per heavy atom. The van der Waals surface area contributed by atoms with Crippen LogP contribution in [0.25, 0.3) is 0 Å². The summed E-state index contributed by atoms with van der Waals surface area (Å²) in [5.74, 6) is 0.659. The molecule has 1 aliphatic heterocycles. The molecule has 128 valence electrons. The van der Waals surface area contributed by atoms with Gasteiger partial charge in [-0.1, -0.05) is 5.16 Å². The fourth-order valence-corrected chi connectivity index (χ4v) is 3.89. The van der Waals surface area contributed by atoms with E-state index in [0.717, 1.165) is 11.3 Å². The molecular weight excluding hydrogens is 330 g/mol. The van der Waals surface area contributed by atoms with Crippen molar-refractivity contribution in [1.82, 2.24) is 9.88 Å². The SMILES string of the molecule is CC(=O)N1CCc2cc(S(=O)(=O)NCCc3cc(C)on3)ccc21. The van der Waals surface area contributed by atoms with E-state index >= 15 is 0 Å². The number of fused-ring (bicyclic) bond motifs is 1. The Bertz CT molecular complexity index is 873. The van der Waals surface area contributed by atoms with Crippen LogP contribution in [0.15, 0.2) is 33.7 Å². The number of carbonyl (C=O) groups is 1. The van der Waals surface area contributed by atoms with Crippen LogP contribution in [0.4, 0.5) is 5.69 Å². The summed E-state index contributed by atoms with van der Waals surface area (Å²) in [5.41, 5.74) is 2.38. The first kappa shape index (κ1) is 16.7. The normalized spacial score (nSPS) is 14.0. The smallest absolute Gasteiger partial charge is 0.240 e. The summed E-state index contributed by atoms with van der Waals surface area (Å²) < 4.78 is 32.3. The number of anilines is 1. The number of sulfonamides is 1. The summed E-state index contributed by atoms with van der Waals surface area (Å²) in [6.45, 7) is 4.13. The maximum absolute atomic E-state index is 12.4. The third-order valence-electron chi connectivity index (χ3n) is 3.99. The van der Waals surface area contributed by atoms with Crippen LogP contribution in [-0.2, 0) is 27.7 Å². The van der Waals surface area contributed by atoms with E-state index in [-0.39, 0.29) is 17.3 Å². The van der Waals surface area contributed by atoms with E-state index in [0.29, 0.717) is 30.8 Å². The monoisotopic (exact) mass is 349 g/mol. The summed E-state index contributed by atoms with van der Waals surface area (Å²) in [6, 6.07) is 6.64. The van der Waals surface area contributed by atoms with Crippen molar-refractivity contribution >= 4 is 21.6 Å². The largest absolute Gasteiger partial charge is 0.361 e. The van der Waals surface area contributed by atoms with Crippen molar-refractivity contribution in [2.24, 2.45) is 0 Å². The number of nitrogens with one attached hydrogen (secondary N) is 1. The van der Waals surface area contributed by atoms with Gasteiger partial charge in [-0.25, -0.2) is 13.1 Å². The molecule has 0 spiro atoms. The third-order valence-corrected chi connectivity index (χ3v) is 5.45. The molecule has 8 heteroatoms. The van der Waals surface area contributed by atoms with Gasteiger partial charge in [0.2, 0.25) is 15.9 Å². The Balaban J connectivity index is 1.70. The van der Waals surface area contributed by atoms with E-state index in [1.807, 2.05) is 0 Å². The number of nitrogens with zero attached hydrogens (tertiary/aromatic N) is 2. The number of aryl methyl sites for hydroxylation is 1. The molecule has 1 aromatic heterocycles. The highest BCUT2D eigenvalue weighted by atomic mass is 32.2. The van der Waals surface area contributed by atoms with Gasteiger partial charge in [0.15, 0.2) is 0 Å². The average Bonchev–Trinajstić information content (AvgIpc) is 3.12. The number of hydrogen-bond donors (Lipinski definition) is 1. The van der Waals surface area contributed by atoms with E-state index in [1.165, 1.54) is 13.0 Å². The summed E-state index contributed by atoms with van der Waals surface area (Å²) >= 11 is 0. The second-order valence-electron chi connectivity index (χ2n) is 5.79. The molecule has 24 heavy (non-hydrogen) atoms. The van der Waals surface area contributed by atoms with Gasteiger partial charge in [0.25, 0.3) is 0 Å². The molecule has 0 aliphatic carbocycles. The van der Waals surface area contributed by atoms with Gasteiger partial charge in [0, 0.05) is 38.2 Å². The van der Waals surface area contributed by atoms with Crippen molar-refractivity contribution in [3.63, 3.8) is 0 Å². The minimum Gasteiger partial charge on any atom is -0.361 e. The van der Waals surface area contributed by atoms with Crippen LogP contribution in [0.5, 0.6) is 0 Å². The Hall–Kier alpha value is -2.19. The highest BCUT2D eigenvalue weighted by molar-refractivity contribution is 7.89. The van der Waals surface area contributed by atoms with Gasteiger partial charge in [0.05, 0.1) is 10.6 Å². The molecule has 3 rings (SSSR count). The highest BCUT2D eigenvalue weighted by Gasteiger charge is 2.24. The van der Waals surface area contributed by atoms with E-state index in [2.05, 4.69) is 9.88 Å². The molecule has 0 radical (unpaired) electrons. The molecule has 1 aliphatic rings. The van der Waals surface area contributed by atoms with Crippen molar-refractivity contribution in [2.75, 3.05) is 18.0 Å². The van der Waals surface area contributed by atoms with Crippen LogP contribution in [-0.4, -0.2) is 32.6 Å². The van der Waals surface area contributed by atoms with Gasteiger partial charge in [-0.05, 0) is 37.1 Å². The molecule has 1 amide bonds. The first-order chi connectivity index (χ1) is 11.4. The predicted octanol–water partition coefficient (Wildman–Crippen LogP) is 1.41. The van der Waals surface area contributed by atoms with Crippen LogP contribution in [0, 0.1) is 6.92 Å². The number of carbonyl (C=O) groups excluding carboxylic acids is 1. The molecule has 0 saturated heterocycles. The van der Waals surface area contributed by atoms with Crippen molar-refractivity contribution in [3.05, 3.63) is 41.3 Å². The molecule has 2 aromatic rings. The van der Waals surface area contributed by atoms with Crippen molar-refractivity contribution in [3.8, 4) is 0 Å². The molecule has 0 atom stereocenters. The molecule has 0 unspecified atom stereocenters. The first-order valence-electron chi connectivity index (χ1n) is 7.70. The molecular formula is C16H19N3O4S. The first-order valence-corrected chi connectivity index (χ1v) is 9.18. The standard InChI is InChI=1S/C16H19N3O4S/c1-11-9-14(18-23-11)5-7-17-24(21,22)15-3-4-16-13(10-15)6-8-19(16)12(2)20/h3-4,9-10,17H,5-8H2,1-2H3. The maximum atomic E-state index is 12.4. The molecule has 0 fully saturated rings. The topological polar surface area (TPSA) is 92.5 Å². The lowest BCUT2D eigenvalue weighted by Gasteiger charge is -2.15. The Morgan fingerprint density at radius 1 is 1.38 bits per heavy atom. The highest BCUT2D eigenvalue weighted by Crippen LogP contribution is 2.30. The molecule has 1 aromatic carbocycles. The zero-order valence-electron chi connectivity index (χ0n) is 13.6. The molecule has 1 N–H and O–H groups in total. The van der Waals surface area contributed by atoms with Crippen LogP contribution in [0.2, 0.25) is 0 Å². The van der Waals surface area contributed by atoms with Crippen molar-refractivity contribution < 1.29 is 17.7 Å². The lowest BCUT2D eigenvalue weighted by molar-refractivity contribution is -0.116.